The first kappa shape index (κ1) is 17.7. The molecule has 2 aromatic heterocycles. The van der Waals surface area contributed by atoms with Gasteiger partial charge >= 0.3 is 0 Å². The van der Waals surface area contributed by atoms with E-state index in [0.29, 0.717) is 12.6 Å². The van der Waals surface area contributed by atoms with Gasteiger partial charge in [-0.1, -0.05) is 20.8 Å². The predicted molar refractivity (Wildman–Crippen MR) is 97.4 cm³/mol. The van der Waals surface area contributed by atoms with E-state index in [4.69, 9.17) is 0 Å². The molecule has 0 N–H and O–H groups in total. The smallest absolute Gasteiger partial charge is 0.266 e. The monoisotopic (exact) mass is 341 g/mol. The molecule has 1 aliphatic heterocycles. The number of likely N-dealkylation sites (tertiary alicyclic amines) is 1. The summed E-state index contributed by atoms with van der Waals surface area (Å²) in [5.74, 6) is 0.795. The molecule has 1 aliphatic rings. The molecule has 1 unspecified atom stereocenters. The Morgan fingerprint density at radius 3 is 2.76 bits per heavy atom. The lowest BCUT2D eigenvalue weighted by Gasteiger charge is -2.25. The highest BCUT2D eigenvalue weighted by Crippen LogP contribution is 2.21. The highest BCUT2D eigenvalue weighted by Gasteiger charge is 2.26. The van der Waals surface area contributed by atoms with Gasteiger partial charge in [-0.15, -0.1) is 0 Å². The zero-order chi connectivity index (χ0) is 18.0. The summed E-state index contributed by atoms with van der Waals surface area (Å²) in [5.41, 5.74) is 1.88. The van der Waals surface area contributed by atoms with Crippen LogP contribution in [0.5, 0.6) is 0 Å². The molecule has 1 saturated heterocycles. The second-order valence-electron chi connectivity index (χ2n) is 7.85. The summed E-state index contributed by atoms with van der Waals surface area (Å²) in [5, 5.41) is 4.61. The lowest BCUT2D eigenvalue weighted by Crippen LogP contribution is -2.37. The van der Waals surface area contributed by atoms with Gasteiger partial charge in [0.25, 0.3) is 5.56 Å². The molecule has 0 saturated carbocycles. The molecule has 1 fully saturated rings. The summed E-state index contributed by atoms with van der Waals surface area (Å²) in [7, 11) is 0. The van der Waals surface area contributed by atoms with Gasteiger partial charge < -0.3 is 0 Å². The maximum Gasteiger partial charge on any atom is 0.266 e. The van der Waals surface area contributed by atoms with Crippen LogP contribution in [0.2, 0.25) is 0 Å². The van der Waals surface area contributed by atoms with Gasteiger partial charge in [-0.2, -0.15) is 5.10 Å². The van der Waals surface area contributed by atoms with Gasteiger partial charge in [0, 0.05) is 30.3 Å². The number of hydrogen-bond acceptors (Lipinski definition) is 5. The Labute approximate surface area is 148 Å². The molecule has 0 bridgehead atoms. The molecule has 0 radical (unpaired) electrons. The summed E-state index contributed by atoms with van der Waals surface area (Å²) in [4.78, 5) is 23.3. The summed E-state index contributed by atoms with van der Waals surface area (Å²) >= 11 is 0. The molecule has 3 rings (SSSR count). The van der Waals surface area contributed by atoms with Crippen LogP contribution in [0.1, 0.15) is 50.8 Å². The van der Waals surface area contributed by atoms with E-state index in [1.165, 1.54) is 0 Å². The van der Waals surface area contributed by atoms with Crippen molar-refractivity contribution < 1.29 is 0 Å². The van der Waals surface area contributed by atoms with Crippen LogP contribution < -0.4 is 5.56 Å². The molecule has 6 nitrogen and oxygen atoms in total. The highest BCUT2D eigenvalue weighted by molar-refractivity contribution is 5.11. The minimum Gasteiger partial charge on any atom is -0.293 e. The Bertz CT molecular complexity index is 793. The molecule has 0 aliphatic carbocycles. The maximum absolute atomic E-state index is 12.3. The summed E-state index contributed by atoms with van der Waals surface area (Å²) in [6.07, 6.45) is 4.03. The molecular weight excluding hydrogens is 314 g/mol. The minimum atomic E-state index is -0.0662. The Hall–Kier alpha value is -2.08. The number of rotatable bonds is 4. The van der Waals surface area contributed by atoms with Crippen LogP contribution in [0.25, 0.3) is 0 Å². The quantitative estimate of drug-likeness (QED) is 0.854. The first-order chi connectivity index (χ1) is 11.8. The third-order valence-corrected chi connectivity index (χ3v) is 4.72. The third kappa shape index (κ3) is 4.31. The van der Waals surface area contributed by atoms with E-state index in [1.54, 1.807) is 10.7 Å². The molecule has 0 aromatic carbocycles. The lowest BCUT2D eigenvalue weighted by atomic mass is 9.92. The van der Waals surface area contributed by atoms with Gasteiger partial charge in [0.15, 0.2) is 0 Å². The van der Waals surface area contributed by atoms with E-state index in [9.17, 15) is 4.79 Å². The topological polar surface area (TPSA) is 63.9 Å². The van der Waals surface area contributed by atoms with Crippen LogP contribution in [0.15, 0.2) is 29.2 Å². The lowest BCUT2D eigenvalue weighted by molar-refractivity contribution is 0.213. The van der Waals surface area contributed by atoms with Crippen LogP contribution in [-0.4, -0.2) is 37.2 Å². The zero-order valence-corrected chi connectivity index (χ0v) is 15.6. The van der Waals surface area contributed by atoms with Gasteiger partial charge in [0.2, 0.25) is 0 Å². The molecule has 2 aromatic rings. The van der Waals surface area contributed by atoms with Crippen molar-refractivity contribution in [2.75, 3.05) is 6.54 Å². The fourth-order valence-corrected chi connectivity index (χ4v) is 3.29. The van der Waals surface area contributed by atoms with Crippen LogP contribution in [-0.2, 0) is 18.5 Å². The fourth-order valence-electron chi connectivity index (χ4n) is 3.29. The van der Waals surface area contributed by atoms with Crippen molar-refractivity contribution in [3.05, 3.63) is 52.0 Å². The van der Waals surface area contributed by atoms with E-state index >= 15 is 0 Å². The Kier molecular flexibility index (Phi) is 4.99. The van der Waals surface area contributed by atoms with Gasteiger partial charge in [-0.05, 0) is 38.4 Å². The number of aryl methyl sites for hydroxylation is 1. The van der Waals surface area contributed by atoms with Crippen molar-refractivity contribution in [3.8, 4) is 0 Å². The molecular formula is C19H27N5O. The van der Waals surface area contributed by atoms with E-state index in [-0.39, 0.29) is 11.0 Å². The van der Waals surface area contributed by atoms with Crippen LogP contribution >= 0.6 is 0 Å². The van der Waals surface area contributed by atoms with Crippen molar-refractivity contribution in [3.63, 3.8) is 0 Å². The van der Waals surface area contributed by atoms with Gasteiger partial charge in [0.1, 0.15) is 5.82 Å². The average molecular weight is 341 g/mol. The number of nitrogens with zero attached hydrogens (tertiary/aromatic N) is 5. The third-order valence-electron chi connectivity index (χ3n) is 4.72. The van der Waals surface area contributed by atoms with Crippen molar-refractivity contribution in [2.45, 2.75) is 65.1 Å². The molecule has 0 amide bonds. The summed E-state index contributed by atoms with van der Waals surface area (Å²) in [6.45, 7) is 10.7. The largest absolute Gasteiger partial charge is 0.293 e. The molecule has 0 spiro atoms. The first-order valence-electron chi connectivity index (χ1n) is 8.94. The van der Waals surface area contributed by atoms with Crippen molar-refractivity contribution in [2.24, 2.45) is 0 Å². The van der Waals surface area contributed by atoms with Gasteiger partial charge in [0.05, 0.1) is 17.9 Å². The summed E-state index contributed by atoms with van der Waals surface area (Å²) in [6, 6.07) is 5.76. The van der Waals surface area contributed by atoms with E-state index < -0.39 is 0 Å². The van der Waals surface area contributed by atoms with E-state index in [0.717, 1.165) is 43.1 Å². The minimum absolute atomic E-state index is 0.0299. The Morgan fingerprint density at radius 2 is 2.04 bits per heavy atom. The molecule has 25 heavy (non-hydrogen) atoms. The van der Waals surface area contributed by atoms with Crippen molar-refractivity contribution >= 4 is 0 Å². The predicted octanol–water partition coefficient (Wildman–Crippen LogP) is 2.30. The molecule has 1 atom stereocenters. The van der Waals surface area contributed by atoms with Gasteiger partial charge in [-0.25, -0.2) is 14.6 Å². The van der Waals surface area contributed by atoms with Crippen LogP contribution in [0.4, 0.5) is 0 Å². The second kappa shape index (κ2) is 7.04. The van der Waals surface area contributed by atoms with Crippen molar-refractivity contribution in [1.29, 1.82) is 0 Å². The van der Waals surface area contributed by atoms with Crippen LogP contribution in [0, 0.1) is 6.92 Å². The van der Waals surface area contributed by atoms with Crippen molar-refractivity contribution in [1.82, 2.24) is 24.6 Å². The molecule has 6 heteroatoms. The SMILES string of the molecule is Cc1nccc(CN2CCCC2Cn2nc(C(C)(C)C)ccc2=O)n1. The highest BCUT2D eigenvalue weighted by atomic mass is 16.1. The molecule has 134 valence electrons. The maximum atomic E-state index is 12.3. The second-order valence-corrected chi connectivity index (χ2v) is 7.85. The Morgan fingerprint density at radius 1 is 1.24 bits per heavy atom. The Balaban J connectivity index is 1.76. The van der Waals surface area contributed by atoms with E-state index in [1.807, 2.05) is 25.3 Å². The molecule has 3 heterocycles. The standard InChI is InChI=1S/C19H27N5O/c1-14-20-10-9-15(21-14)12-23-11-5-6-16(23)13-24-18(25)8-7-17(22-24)19(2,3)4/h7-10,16H,5-6,11-13H2,1-4H3. The van der Waals surface area contributed by atoms with Crippen LogP contribution in [0.3, 0.4) is 0 Å². The number of hydrogen-bond donors (Lipinski definition) is 0. The van der Waals surface area contributed by atoms with Gasteiger partial charge in [-0.3, -0.25) is 9.69 Å². The zero-order valence-electron chi connectivity index (χ0n) is 15.6. The average Bonchev–Trinajstić information content (AvgIpc) is 2.95. The normalized spacial score (nSPS) is 18.6. The first-order valence-corrected chi connectivity index (χ1v) is 8.94. The number of aromatic nitrogens is 4. The van der Waals surface area contributed by atoms with E-state index in [2.05, 4.69) is 40.7 Å². The summed E-state index contributed by atoms with van der Waals surface area (Å²) < 4.78 is 1.63. The fraction of sp³-hybridized carbons (Fsp3) is 0.579.